The minimum Gasteiger partial charge on any atom is -0.342 e. The molecule has 7 heteroatoms. The number of likely N-dealkylation sites (tertiary alicyclic amines) is 1. The highest BCUT2D eigenvalue weighted by atomic mass is 35.5. The summed E-state index contributed by atoms with van der Waals surface area (Å²) in [5.41, 5.74) is 7.51. The molecule has 0 saturated carbocycles. The van der Waals surface area contributed by atoms with Gasteiger partial charge in [0.2, 0.25) is 5.91 Å². The summed E-state index contributed by atoms with van der Waals surface area (Å²) in [5.74, 6) is 1.02. The maximum Gasteiger partial charge on any atom is 0.233 e. The molecule has 0 aromatic carbocycles. The second kappa shape index (κ2) is 7.81. The number of carbonyl (C=O) groups excluding carboxylic acids is 1. The topological polar surface area (TPSA) is 72.1 Å². The van der Waals surface area contributed by atoms with E-state index in [1.807, 2.05) is 24.8 Å². The molecule has 1 saturated heterocycles. The van der Waals surface area contributed by atoms with E-state index < -0.39 is 0 Å². The fraction of sp³-hybridized carbons (Fsp3) is 0.615. The largest absolute Gasteiger partial charge is 0.342 e. The van der Waals surface area contributed by atoms with Crippen LogP contribution in [0.5, 0.6) is 0 Å². The van der Waals surface area contributed by atoms with Gasteiger partial charge in [-0.15, -0.1) is 12.4 Å². The predicted molar refractivity (Wildman–Crippen MR) is 83.2 cm³/mol. The average molecular weight is 317 g/mol. The molecule has 1 aromatic heterocycles. The van der Waals surface area contributed by atoms with Crippen molar-refractivity contribution in [2.24, 2.45) is 11.7 Å². The van der Waals surface area contributed by atoms with Crippen molar-refractivity contribution >= 4 is 30.1 Å². The van der Waals surface area contributed by atoms with Gasteiger partial charge in [0.15, 0.2) is 5.16 Å². The lowest BCUT2D eigenvalue weighted by molar-refractivity contribution is -0.127. The number of aryl methyl sites for hydroxylation is 2. The quantitative estimate of drug-likeness (QED) is 0.672. The van der Waals surface area contributed by atoms with Gasteiger partial charge in [-0.1, -0.05) is 11.8 Å². The number of carbonyl (C=O) groups is 1. The lowest BCUT2D eigenvalue weighted by atomic mass is 10.1. The zero-order valence-electron chi connectivity index (χ0n) is 11.8. The van der Waals surface area contributed by atoms with Crippen LogP contribution in [-0.2, 0) is 4.79 Å². The SMILES string of the molecule is Cc1cc(C)nc(SCC(=O)N2CCC(CN)C2)n1.Cl. The average Bonchev–Trinajstić information content (AvgIpc) is 2.83. The molecule has 1 unspecified atom stereocenters. The van der Waals surface area contributed by atoms with Crippen molar-refractivity contribution in [1.29, 1.82) is 0 Å². The van der Waals surface area contributed by atoms with Crippen molar-refractivity contribution in [1.82, 2.24) is 14.9 Å². The number of aromatic nitrogens is 2. The number of halogens is 1. The number of hydrogen-bond donors (Lipinski definition) is 1. The summed E-state index contributed by atoms with van der Waals surface area (Å²) >= 11 is 1.41. The second-order valence-corrected chi connectivity index (χ2v) is 5.89. The fourth-order valence-corrected chi connectivity index (χ4v) is 3.08. The van der Waals surface area contributed by atoms with Crippen LogP contribution in [0.3, 0.4) is 0 Å². The van der Waals surface area contributed by atoms with Crippen molar-refractivity contribution < 1.29 is 4.79 Å². The van der Waals surface area contributed by atoms with Gasteiger partial charge in [0.25, 0.3) is 0 Å². The Morgan fingerprint density at radius 2 is 2.10 bits per heavy atom. The first-order chi connectivity index (χ1) is 9.08. The summed E-state index contributed by atoms with van der Waals surface area (Å²) in [6.07, 6.45) is 1.02. The lowest BCUT2D eigenvalue weighted by Gasteiger charge is -2.15. The molecule has 2 rings (SSSR count). The third-order valence-electron chi connectivity index (χ3n) is 3.26. The molecular formula is C13H21ClN4OS. The predicted octanol–water partition coefficient (Wildman–Crippen LogP) is 1.41. The molecular weight excluding hydrogens is 296 g/mol. The highest BCUT2D eigenvalue weighted by Crippen LogP contribution is 2.19. The van der Waals surface area contributed by atoms with Crippen LogP contribution < -0.4 is 5.73 Å². The van der Waals surface area contributed by atoms with Gasteiger partial charge in [0, 0.05) is 24.5 Å². The number of nitrogens with zero attached hydrogens (tertiary/aromatic N) is 3. The summed E-state index contributed by atoms with van der Waals surface area (Å²) in [4.78, 5) is 22.6. The number of hydrogen-bond acceptors (Lipinski definition) is 5. The Bertz CT molecular complexity index is 451. The Morgan fingerprint density at radius 3 is 2.65 bits per heavy atom. The monoisotopic (exact) mass is 316 g/mol. The smallest absolute Gasteiger partial charge is 0.233 e. The van der Waals surface area contributed by atoms with Crippen LogP contribution in [0.25, 0.3) is 0 Å². The standard InChI is InChI=1S/C13H20N4OS.ClH/c1-9-5-10(2)16-13(15-9)19-8-12(18)17-4-3-11(6-14)7-17;/h5,11H,3-4,6-8,14H2,1-2H3;1H. The normalized spacial score (nSPS) is 17.9. The number of amides is 1. The second-order valence-electron chi connectivity index (χ2n) is 4.95. The Hall–Kier alpha value is -0.850. The Labute approximate surface area is 130 Å². The minimum absolute atomic E-state index is 0. The molecule has 1 aliphatic rings. The number of thioether (sulfide) groups is 1. The molecule has 2 N–H and O–H groups in total. The van der Waals surface area contributed by atoms with E-state index in [0.717, 1.165) is 30.9 Å². The van der Waals surface area contributed by atoms with Crippen LogP contribution in [0.15, 0.2) is 11.2 Å². The summed E-state index contributed by atoms with van der Waals surface area (Å²) in [7, 11) is 0. The maximum absolute atomic E-state index is 12.1. The van der Waals surface area contributed by atoms with E-state index in [1.54, 1.807) is 0 Å². The molecule has 1 fully saturated rings. The zero-order valence-corrected chi connectivity index (χ0v) is 13.5. The van der Waals surface area contributed by atoms with E-state index in [9.17, 15) is 4.79 Å². The van der Waals surface area contributed by atoms with Gasteiger partial charge >= 0.3 is 0 Å². The molecule has 1 atom stereocenters. The summed E-state index contributed by atoms with van der Waals surface area (Å²) in [6.45, 7) is 6.16. The maximum atomic E-state index is 12.1. The summed E-state index contributed by atoms with van der Waals surface area (Å²) in [6, 6.07) is 1.93. The summed E-state index contributed by atoms with van der Waals surface area (Å²) in [5, 5.41) is 0.681. The fourth-order valence-electron chi connectivity index (χ4n) is 2.23. The molecule has 1 aliphatic heterocycles. The van der Waals surface area contributed by atoms with E-state index in [0.29, 0.717) is 23.4 Å². The highest BCUT2D eigenvalue weighted by molar-refractivity contribution is 7.99. The zero-order chi connectivity index (χ0) is 13.8. The first-order valence-corrected chi connectivity index (χ1v) is 7.50. The van der Waals surface area contributed by atoms with Crippen molar-refractivity contribution in [2.45, 2.75) is 25.4 Å². The molecule has 5 nitrogen and oxygen atoms in total. The van der Waals surface area contributed by atoms with Gasteiger partial charge in [-0.2, -0.15) is 0 Å². The van der Waals surface area contributed by atoms with Crippen molar-refractivity contribution in [3.05, 3.63) is 17.5 Å². The third-order valence-corrected chi connectivity index (χ3v) is 4.09. The molecule has 20 heavy (non-hydrogen) atoms. The molecule has 0 spiro atoms. The molecule has 112 valence electrons. The van der Waals surface area contributed by atoms with Crippen LogP contribution in [0.2, 0.25) is 0 Å². The van der Waals surface area contributed by atoms with Crippen LogP contribution in [0, 0.1) is 19.8 Å². The Kier molecular flexibility index (Phi) is 6.71. The molecule has 0 radical (unpaired) electrons. The number of rotatable bonds is 4. The Morgan fingerprint density at radius 1 is 1.45 bits per heavy atom. The van der Waals surface area contributed by atoms with Gasteiger partial charge in [-0.05, 0) is 38.8 Å². The van der Waals surface area contributed by atoms with E-state index in [2.05, 4.69) is 9.97 Å². The van der Waals surface area contributed by atoms with E-state index in [1.165, 1.54) is 11.8 Å². The van der Waals surface area contributed by atoms with Crippen molar-refractivity contribution in [3.8, 4) is 0 Å². The van der Waals surface area contributed by atoms with Gasteiger partial charge < -0.3 is 10.6 Å². The van der Waals surface area contributed by atoms with Crippen LogP contribution in [-0.4, -0.2) is 46.2 Å². The number of nitrogens with two attached hydrogens (primary N) is 1. The van der Waals surface area contributed by atoms with Crippen molar-refractivity contribution in [3.63, 3.8) is 0 Å². The van der Waals surface area contributed by atoms with Crippen LogP contribution >= 0.6 is 24.2 Å². The van der Waals surface area contributed by atoms with E-state index >= 15 is 0 Å². The van der Waals surface area contributed by atoms with Crippen LogP contribution in [0.1, 0.15) is 17.8 Å². The van der Waals surface area contributed by atoms with Crippen molar-refractivity contribution in [2.75, 3.05) is 25.4 Å². The Balaban J connectivity index is 0.00000200. The molecule has 0 bridgehead atoms. The first kappa shape index (κ1) is 17.2. The first-order valence-electron chi connectivity index (χ1n) is 6.51. The third kappa shape index (κ3) is 4.61. The van der Waals surface area contributed by atoms with E-state index in [-0.39, 0.29) is 18.3 Å². The van der Waals surface area contributed by atoms with Gasteiger partial charge in [0.1, 0.15) is 0 Å². The molecule has 1 amide bonds. The van der Waals surface area contributed by atoms with Gasteiger partial charge in [0.05, 0.1) is 5.75 Å². The molecule has 0 aliphatic carbocycles. The van der Waals surface area contributed by atoms with E-state index in [4.69, 9.17) is 5.73 Å². The molecule has 2 heterocycles. The summed E-state index contributed by atoms with van der Waals surface area (Å²) < 4.78 is 0. The lowest BCUT2D eigenvalue weighted by Crippen LogP contribution is -2.31. The van der Waals surface area contributed by atoms with Gasteiger partial charge in [-0.25, -0.2) is 9.97 Å². The minimum atomic E-state index is 0. The highest BCUT2D eigenvalue weighted by Gasteiger charge is 2.25. The van der Waals surface area contributed by atoms with Gasteiger partial charge in [-0.3, -0.25) is 4.79 Å². The van der Waals surface area contributed by atoms with Crippen LogP contribution in [0.4, 0.5) is 0 Å². The molecule has 1 aromatic rings.